The van der Waals surface area contributed by atoms with E-state index >= 15 is 0 Å². The first kappa shape index (κ1) is 23.7. The van der Waals surface area contributed by atoms with E-state index in [0.717, 1.165) is 41.9 Å². The molecule has 1 aliphatic heterocycles. The number of aromatic nitrogens is 2. The number of fused-ring (bicyclic) bond motifs is 1. The van der Waals surface area contributed by atoms with Gasteiger partial charge in [0.1, 0.15) is 4.70 Å². The number of nitrogens with one attached hydrogen (secondary N) is 1. The largest absolute Gasteiger partial charge is 0.347 e. The van der Waals surface area contributed by atoms with Gasteiger partial charge >= 0.3 is 0 Å². The Morgan fingerprint density at radius 1 is 1.19 bits per heavy atom. The van der Waals surface area contributed by atoms with Crippen molar-refractivity contribution in [2.24, 2.45) is 5.73 Å². The number of piperidine rings is 1. The van der Waals surface area contributed by atoms with Crippen molar-refractivity contribution < 1.29 is 4.79 Å². The standard InChI is InChI=1S/C27H26N6O2S/c28-14-19-9-4-5-10-20(19)16-33-26(35)24-22(31-27(33)32-12-6-11-21(29)17-32)13-23(36-24)25(34)30-15-18-7-2-1-3-8-18/h1-5,7-10,13,21H,6,11-12,15-17,29H2,(H,30,34)/t21-/m1/s1. The van der Waals surface area contributed by atoms with Crippen molar-refractivity contribution in [3.05, 3.63) is 92.6 Å². The maximum absolute atomic E-state index is 13.8. The number of hydrogen-bond acceptors (Lipinski definition) is 7. The molecule has 8 nitrogen and oxygen atoms in total. The Bertz CT molecular complexity index is 1500. The number of nitrogens with zero attached hydrogens (tertiary/aromatic N) is 4. The highest BCUT2D eigenvalue weighted by Crippen LogP contribution is 2.26. The first-order valence-electron chi connectivity index (χ1n) is 11.9. The molecule has 1 atom stereocenters. The summed E-state index contributed by atoms with van der Waals surface area (Å²) in [5, 5.41) is 12.5. The van der Waals surface area contributed by atoms with E-state index in [4.69, 9.17) is 10.7 Å². The van der Waals surface area contributed by atoms with Gasteiger partial charge in [0.15, 0.2) is 0 Å². The summed E-state index contributed by atoms with van der Waals surface area (Å²) < 4.78 is 2.03. The Morgan fingerprint density at radius 3 is 2.75 bits per heavy atom. The fourth-order valence-electron chi connectivity index (χ4n) is 4.49. The topological polar surface area (TPSA) is 117 Å². The second kappa shape index (κ2) is 10.3. The molecule has 4 aromatic rings. The van der Waals surface area contributed by atoms with E-state index in [2.05, 4.69) is 11.4 Å². The van der Waals surface area contributed by atoms with Crippen LogP contribution in [0.4, 0.5) is 5.95 Å². The van der Waals surface area contributed by atoms with Crippen LogP contribution in [-0.2, 0) is 13.1 Å². The zero-order valence-electron chi connectivity index (χ0n) is 19.7. The maximum atomic E-state index is 13.8. The number of thiophene rings is 1. The molecule has 3 N–H and O–H groups in total. The molecule has 1 aliphatic rings. The second-order valence-electron chi connectivity index (χ2n) is 8.91. The van der Waals surface area contributed by atoms with Crippen LogP contribution < -0.4 is 21.5 Å². The molecule has 0 radical (unpaired) electrons. The molecule has 3 heterocycles. The molecule has 2 aromatic carbocycles. The van der Waals surface area contributed by atoms with Crippen LogP contribution in [-0.4, -0.2) is 34.6 Å². The third-order valence-electron chi connectivity index (χ3n) is 6.34. The first-order chi connectivity index (χ1) is 17.5. The number of carbonyl (C=O) groups excluding carboxylic acids is 1. The van der Waals surface area contributed by atoms with Crippen LogP contribution in [0, 0.1) is 11.3 Å². The summed E-state index contributed by atoms with van der Waals surface area (Å²) >= 11 is 1.14. The number of rotatable bonds is 6. The molecule has 1 saturated heterocycles. The molecule has 182 valence electrons. The van der Waals surface area contributed by atoms with Gasteiger partial charge in [0.05, 0.1) is 28.6 Å². The number of amides is 1. The van der Waals surface area contributed by atoms with Gasteiger partial charge in [-0.15, -0.1) is 11.3 Å². The number of carbonyl (C=O) groups is 1. The molecule has 0 spiro atoms. The number of anilines is 1. The van der Waals surface area contributed by atoms with Gasteiger partial charge in [0.2, 0.25) is 5.95 Å². The van der Waals surface area contributed by atoms with Crippen LogP contribution in [0.3, 0.4) is 0 Å². The van der Waals surface area contributed by atoms with Gasteiger partial charge < -0.3 is 16.0 Å². The van der Waals surface area contributed by atoms with Gasteiger partial charge in [-0.2, -0.15) is 5.26 Å². The third kappa shape index (κ3) is 4.87. The summed E-state index contributed by atoms with van der Waals surface area (Å²) in [6.45, 7) is 1.93. The first-order valence-corrected chi connectivity index (χ1v) is 12.7. The minimum absolute atomic E-state index is 0.00649. The van der Waals surface area contributed by atoms with Crippen LogP contribution in [0.5, 0.6) is 0 Å². The minimum atomic E-state index is -0.246. The van der Waals surface area contributed by atoms with Crippen LogP contribution in [0.2, 0.25) is 0 Å². The SMILES string of the molecule is N#Cc1ccccc1Cn1c(N2CCC[C@@H](N)C2)nc2cc(C(=O)NCc3ccccc3)sc2c1=O. The Balaban J connectivity index is 1.54. The Labute approximate surface area is 212 Å². The lowest BCUT2D eigenvalue weighted by Gasteiger charge is -2.33. The summed E-state index contributed by atoms with van der Waals surface area (Å²) in [7, 11) is 0. The smallest absolute Gasteiger partial charge is 0.273 e. The molecular weight excluding hydrogens is 472 g/mol. The van der Waals surface area contributed by atoms with Crippen LogP contribution in [0.1, 0.15) is 39.2 Å². The van der Waals surface area contributed by atoms with Crippen molar-refractivity contribution in [3.63, 3.8) is 0 Å². The molecule has 1 amide bonds. The van der Waals surface area contributed by atoms with Crippen molar-refractivity contribution in [1.29, 1.82) is 5.26 Å². The molecular formula is C27H26N6O2S. The number of nitriles is 1. The lowest BCUT2D eigenvalue weighted by atomic mass is 10.1. The summed E-state index contributed by atoms with van der Waals surface area (Å²) in [6, 6.07) is 20.8. The van der Waals surface area contributed by atoms with E-state index < -0.39 is 0 Å². The number of nitrogens with two attached hydrogens (primary N) is 1. The third-order valence-corrected chi connectivity index (χ3v) is 7.45. The summed E-state index contributed by atoms with van der Waals surface area (Å²) in [5.74, 6) is 0.272. The van der Waals surface area contributed by atoms with E-state index in [9.17, 15) is 14.9 Å². The zero-order valence-corrected chi connectivity index (χ0v) is 20.5. The lowest BCUT2D eigenvalue weighted by Crippen LogP contribution is -2.45. The monoisotopic (exact) mass is 498 g/mol. The molecule has 0 aliphatic carbocycles. The molecule has 9 heteroatoms. The van der Waals surface area contributed by atoms with Crippen molar-refractivity contribution in [1.82, 2.24) is 14.9 Å². The molecule has 1 fully saturated rings. The van der Waals surface area contributed by atoms with Crippen LogP contribution >= 0.6 is 11.3 Å². The fourth-order valence-corrected chi connectivity index (χ4v) is 5.45. The molecule has 36 heavy (non-hydrogen) atoms. The highest BCUT2D eigenvalue weighted by atomic mass is 32.1. The van der Waals surface area contributed by atoms with Crippen molar-refractivity contribution >= 4 is 33.4 Å². The van der Waals surface area contributed by atoms with Crippen LogP contribution in [0.15, 0.2) is 65.5 Å². The average Bonchev–Trinajstić information content (AvgIpc) is 3.34. The highest BCUT2D eigenvalue weighted by molar-refractivity contribution is 7.20. The minimum Gasteiger partial charge on any atom is -0.347 e. The van der Waals surface area contributed by atoms with Gasteiger partial charge in [0, 0.05) is 25.7 Å². The fraction of sp³-hybridized carbons (Fsp3) is 0.259. The molecule has 0 unspecified atom stereocenters. The lowest BCUT2D eigenvalue weighted by molar-refractivity contribution is 0.0955. The van der Waals surface area contributed by atoms with Gasteiger partial charge in [-0.05, 0) is 36.1 Å². The van der Waals surface area contributed by atoms with E-state index in [-0.39, 0.29) is 24.1 Å². The zero-order chi connectivity index (χ0) is 25.1. The maximum Gasteiger partial charge on any atom is 0.273 e. The molecule has 5 rings (SSSR count). The van der Waals surface area contributed by atoms with Gasteiger partial charge in [-0.1, -0.05) is 48.5 Å². The van der Waals surface area contributed by atoms with E-state index in [0.29, 0.717) is 39.7 Å². The molecule has 2 aromatic heterocycles. The van der Waals surface area contributed by atoms with Crippen molar-refractivity contribution in [3.8, 4) is 6.07 Å². The van der Waals surface area contributed by atoms with Crippen molar-refractivity contribution in [2.45, 2.75) is 32.0 Å². The highest BCUT2D eigenvalue weighted by Gasteiger charge is 2.24. The Morgan fingerprint density at radius 2 is 1.97 bits per heavy atom. The van der Waals surface area contributed by atoms with E-state index in [1.807, 2.05) is 47.4 Å². The Hall–Kier alpha value is -4.00. The summed E-state index contributed by atoms with van der Waals surface area (Å²) in [4.78, 5) is 34.0. The number of benzene rings is 2. The molecule has 0 bridgehead atoms. The average molecular weight is 499 g/mol. The summed E-state index contributed by atoms with van der Waals surface area (Å²) in [6.07, 6.45) is 1.82. The predicted molar refractivity (Wildman–Crippen MR) is 141 cm³/mol. The van der Waals surface area contributed by atoms with Gasteiger partial charge in [-0.3, -0.25) is 14.2 Å². The molecule has 0 saturated carbocycles. The van der Waals surface area contributed by atoms with Gasteiger partial charge in [0.25, 0.3) is 11.5 Å². The normalized spacial score (nSPS) is 15.6. The van der Waals surface area contributed by atoms with Gasteiger partial charge in [-0.25, -0.2) is 4.98 Å². The summed E-state index contributed by atoms with van der Waals surface area (Å²) in [5.41, 5.74) is 8.75. The Kier molecular flexibility index (Phi) is 6.80. The van der Waals surface area contributed by atoms with E-state index in [1.54, 1.807) is 22.8 Å². The predicted octanol–water partition coefficient (Wildman–Crippen LogP) is 3.24. The van der Waals surface area contributed by atoms with E-state index in [1.165, 1.54) is 0 Å². The quantitative estimate of drug-likeness (QED) is 0.422. The number of hydrogen-bond donors (Lipinski definition) is 2. The van der Waals surface area contributed by atoms with Crippen molar-refractivity contribution in [2.75, 3.05) is 18.0 Å². The second-order valence-corrected chi connectivity index (χ2v) is 9.97. The van der Waals surface area contributed by atoms with Crippen LogP contribution in [0.25, 0.3) is 10.2 Å².